The van der Waals surface area contributed by atoms with Crippen molar-refractivity contribution in [2.24, 2.45) is 0 Å². The van der Waals surface area contributed by atoms with Crippen LogP contribution in [0.5, 0.6) is 0 Å². The molecule has 8 aromatic heterocycles. The summed E-state index contributed by atoms with van der Waals surface area (Å²) in [6.07, 6.45) is -4.68. The SMILES string of the molecule is CC(=O)Nc1nc(C)c(-c2ccc(S(=O)(=O)NCC(F)(F)F)o2)s1.CC(=O)Nc1nc(C)c(-c2ccc(S(=O)(=O)Nc3c(F)cccc3F)o2)s1.CC(=O)Nc1nc(C)c(-c2ccc(S(=O)(=O)Nc3ccccc3F)o2)s1.COC(=O)c1nc(NC(C)=O)sc1-c1ccc(S(=O)(=O)N(C)Cc2ccccc2)o1.[HH].[HH].[HH].[HH]. The van der Waals surface area contributed by atoms with E-state index in [-0.39, 0.29) is 90.5 Å². The lowest BCUT2D eigenvalue weighted by Crippen LogP contribution is -2.33. The summed E-state index contributed by atoms with van der Waals surface area (Å²) >= 11 is 4.29. The number of alkyl halides is 3. The van der Waals surface area contributed by atoms with Crippen molar-refractivity contribution in [1.29, 1.82) is 0 Å². The smallest absolute Gasteiger partial charge is 0.402 e. The number of halogens is 6. The van der Waals surface area contributed by atoms with Gasteiger partial charge in [-0.1, -0.05) is 93.9 Å². The summed E-state index contributed by atoms with van der Waals surface area (Å²) in [5, 5.41) is 9.46. The van der Waals surface area contributed by atoms with Gasteiger partial charge in [0.15, 0.2) is 26.2 Å². The van der Waals surface area contributed by atoms with Gasteiger partial charge in [-0.2, -0.15) is 39.0 Å². The summed E-state index contributed by atoms with van der Waals surface area (Å²) in [5.41, 5.74) is 1.36. The normalized spacial score (nSPS) is 11.6. The van der Waals surface area contributed by atoms with E-state index < -0.39 is 92.1 Å². The summed E-state index contributed by atoms with van der Waals surface area (Å²) in [7, 11) is -14.1. The summed E-state index contributed by atoms with van der Waals surface area (Å²) in [4.78, 5) is 74.9. The van der Waals surface area contributed by atoms with Crippen molar-refractivity contribution in [3.05, 3.63) is 167 Å². The van der Waals surface area contributed by atoms with Gasteiger partial charge in [-0.15, -0.1) is 0 Å². The van der Waals surface area contributed by atoms with Gasteiger partial charge in [-0.3, -0.25) is 28.6 Å². The molecule has 0 unspecified atom stereocenters. The van der Waals surface area contributed by atoms with Crippen molar-refractivity contribution < 1.29 is 112 Å². The van der Waals surface area contributed by atoms with Crippen molar-refractivity contribution >= 4 is 147 Å². The lowest BCUT2D eigenvalue weighted by molar-refractivity contribution is -0.121. The van der Waals surface area contributed by atoms with E-state index >= 15 is 0 Å². The fourth-order valence-electron chi connectivity index (χ4n) is 8.60. The van der Waals surface area contributed by atoms with Gasteiger partial charge in [0, 0.05) is 47.0 Å². The number of ether oxygens (including phenoxy) is 1. The number of carbonyl (C=O) groups excluding carboxylic acids is 5. The number of amides is 4. The minimum absolute atomic E-state index is 0. The van der Waals surface area contributed by atoms with Gasteiger partial charge in [-0.25, -0.2) is 54.7 Å². The number of nitrogens with one attached hydrogen (secondary N) is 7. The summed E-state index contributed by atoms with van der Waals surface area (Å²) < 4.78 is 209. The standard InChI is InChI=1S/C19H19N3O6S2.C16H13F2N3O4S2.C16H14FN3O4S2.C12H12F3N3O4S2.4H2/c1-12(23)20-19-21-16(18(24)27-3)17(29-19)14-9-10-15(28-14)30(25,26)22(2)11-13-7-5-4-6-8-13;1-8-15(26-16(19-8)20-9(2)22)12-6-7-13(25-12)27(23,24)21-14-10(17)4-3-5-11(14)18;1-9-15(25-16(18-9)19-10(2)21)13-7-8-14(24-13)26(22,23)20-12-6-4-3-5-11(12)17;1-6-10(23-11(17-6)18-7(2)19)8-3-4-9(22-8)24(20,21)16-5-12(13,14)15;;;;/h4-10H,11H2,1-3H3,(H,20,21,23);3-7,21H,1-2H3,(H,19,20,22);3-8,20H,1-2H3,(H,18,19,21);3-4,16H,5H2,1-2H3,(H,17,18,19);4*1H. The highest BCUT2D eigenvalue weighted by atomic mass is 32.2. The molecule has 0 saturated heterocycles. The van der Waals surface area contributed by atoms with Crippen molar-refractivity contribution in [3.8, 4) is 42.5 Å². The number of rotatable bonds is 22. The van der Waals surface area contributed by atoms with E-state index in [0.29, 0.717) is 47.1 Å². The monoisotopic (exact) mass is 1650 g/mol. The quantitative estimate of drug-likeness (QED) is 0.0245. The van der Waals surface area contributed by atoms with E-state index in [1.165, 1.54) is 105 Å². The second-order valence-corrected chi connectivity index (χ2v) is 32.6. The molecule has 0 aliphatic rings. The number of hydrogen-bond donors (Lipinski definition) is 7. The van der Waals surface area contributed by atoms with Crippen LogP contribution in [0.2, 0.25) is 0 Å². The summed E-state index contributed by atoms with van der Waals surface area (Å²) in [6.45, 7) is 8.78. The van der Waals surface area contributed by atoms with E-state index in [1.807, 2.05) is 35.1 Å². The average Bonchev–Trinajstić information content (AvgIpc) is 1.67. The molecule has 3 aromatic carbocycles. The fourth-order valence-corrected chi connectivity index (χ4v) is 16.5. The van der Waals surface area contributed by atoms with Crippen LogP contribution in [0.4, 0.5) is 58.2 Å². The second kappa shape index (κ2) is 34.4. The van der Waals surface area contributed by atoms with Gasteiger partial charge in [0.2, 0.25) is 44.0 Å². The number of sulfonamides is 4. The van der Waals surface area contributed by atoms with Gasteiger partial charge >= 0.3 is 12.1 Å². The van der Waals surface area contributed by atoms with Crippen LogP contribution in [0.15, 0.2) is 159 Å². The van der Waals surface area contributed by atoms with Crippen molar-refractivity contribution in [3.63, 3.8) is 0 Å². The molecule has 44 heteroatoms. The molecule has 11 aromatic rings. The first-order valence-corrected chi connectivity index (χ1v) is 39.1. The van der Waals surface area contributed by atoms with Gasteiger partial charge in [0.05, 0.1) is 44.5 Å². The average molecular weight is 1650 g/mol. The van der Waals surface area contributed by atoms with Crippen LogP contribution in [0, 0.1) is 38.2 Å². The maximum Gasteiger partial charge on any atom is 0.402 e. The molecule has 0 spiro atoms. The third-order valence-electron chi connectivity index (χ3n) is 13.2. The Morgan fingerprint density at radius 1 is 0.477 bits per heavy atom. The van der Waals surface area contributed by atoms with Gasteiger partial charge in [0.1, 0.15) is 57.6 Å². The summed E-state index contributed by atoms with van der Waals surface area (Å²) in [6, 6.07) is 27.9. The second-order valence-electron chi connectivity index (χ2n) is 21.7. The number of aryl methyl sites for hydroxylation is 3. The maximum absolute atomic E-state index is 13.7. The molecule has 30 nitrogen and oxygen atoms in total. The molecule has 11 rings (SSSR count). The molecule has 0 aliphatic carbocycles. The Kier molecular flexibility index (Phi) is 26.4. The maximum atomic E-state index is 13.7. The van der Waals surface area contributed by atoms with E-state index in [2.05, 4.69) is 45.9 Å². The van der Waals surface area contributed by atoms with E-state index in [9.17, 15) is 84.0 Å². The molecule has 0 aliphatic heterocycles. The highest BCUT2D eigenvalue weighted by Gasteiger charge is 2.33. The van der Waals surface area contributed by atoms with Gasteiger partial charge in [-0.05, 0) is 99.1 Å². The van der Waals surface area contributed by atoms with Crippen LogP contribution in [0.3, 0.4) is 0 Å². The predicted molar refractivity (Wildman–Crippen MR) is 391 cm³/mol. The zero-order valence-electron chi connectivity index (χ0n) is 56.6. The van der Waals surface area contributed by atoms with E-state index in [4.69, 9.17) is 22.4 Å². The van der Waals surface area contributed by atoms with Crippen LogP contribution in [0.1, 0.15) is 66.5 Å². The van der Waals surface area contributed by atoms with Crippen molar-refractivity contribution in [2.75, 3.05) is 51.4 Å². The molecular formula is C63H66F6N12O18S8. The van der Waals surface area contributed by atoms with Crippen LogP contribution >= 0.6 is 45.3 Å². The van der Waals surface area contributed by atoms with Crippen LogP contribution in [-0.2, 0) is 70.6 Å². The van der Waals surface area contributed by atoms with Crippen LogP contribution in [-0.4, -0.2) is 114 Å². The lowest BCUT2D eigenvalue weighted by atomic mass is 10.2. The molecule has 7 N–H and O–H groups in total. The number of benzene rings is 3. The Hall–Kier alpha value is -10.5. The van der Waals surface area contributed by atoms with Gasteiger partial charge < -0.3 is 43.7 Å². The fraction of sp³-hybridized carbons (Fsp3) is 0.190. The first-order chi connectivity index (χ1) is 50.1. The zero-order valence-corrected chi connectivity index (χ0v) is 63.1. The minimum atomic E-state index is -4.68. The topological polar surface area (TPSA) is 423 Å². The number of hydrogen-bond acceptors (Lipinski definition) is 26. The Morgan fingerprint density at radius 3 is 1.26 bits per heavy atom. The first-order valence-electron chi connectivity index (χ1n) is 30.0. The Morgan fingerprint density at radius 2 is 0.841 bits per heavy atom. The lowest BCUT2D eigenvalue weighted by Gasteiger charge is -2.15. The predicted octanol–water partition coefficient (Wildman–Crippen LogP) is 13.8. The first kappa shape index (κ1) is 82.2. The number of esters is 1. The highest BCUT2D eigenvalue weighted by molar-refractivity contribution is 7.93. The minimum Gasteiger partial charge on any atom is -0.464 e. The number of carbonyl (C=O) groups is 5. The van der Waals surface area contributed by atoms with Crippen LogP contribution < -0.4 is 35.4 Å². The highest BCUT2D eigenvalue weighted by Crippen LogP contribution is 2.40. The third kappa shape index (κ3) is 21.9. The molecule has 4 amide bonds. The molecular weight excluding hydrogens is 1580 g/mol. The molecule has 0 bridgehead atoms. The Labute approximate surface area is 626 Å². The van der Waals surface area contributed by atoms with Crippen LogP contribution in [0.25, 0.3) is 42.5 Å². The number of nitrogens with zero attached hydrogens (tertiary/aromatic N) is 5. The zero-order chi connectivity index (χ0) is 78.7. The largest absolute Gasteiger partial charge is 0.464 e. The molecule has 0 fully saturated rings. The number of anilines is 6. The summed E-state index contributed by atoms with van der Waals surface area (Å²) in [5.74, 6) is -4.07. The van der Waals surface area contributed by atoms with Gasteiger partial charge in [0.25, 0.3) is 40.1 Å². The van der Waals surface area contributed by atoms with Crippen molar-refractivity contribution in [2.45, 2.75) is 81.6 Å². The molecule has 107 heavy (non-hydrogen) atoms. The number of thiazole rings is 4. The number of aromatic nitrogens is 4. The molecule has 0 saturated carbocycles. The van der Waals surface area contributed by atoms with E-state index in [0.717, 1.165) is 87.3 Å². The molecule has 0 atom stereocenters. The molecule has 0 radical (unpaired) electrons. The molecule has 8 heterocycles. The number of furan rings is 4. The molecule has 576 valence electrons. The number of methoxy groups -OCH3 is 1. The Bertz CT molecular complexity index is 5580. The number of para-hydroxylation sites is 2. The van der Waals surface area contributed by atoms with E-state index in [1.54, 1.807) is 20.8 Å². The third-order valence-corrected chi connectivity index (χ3v) is 22.9. The van der Waals surface area contributed by atoms with Crippen molar-refractivity contribution in [1.82, 2.24) is 29.0 Å². The Balaban J connectivity index is 0.000000309.